The van der Waals surface area contributed by atoms with Crippen molar-refractivity contribution in [2.45, 2.75) is 51.6 Å². The SMILES string of the molecule is CCOC(=O)C1CCN(C(=O)OC2CCCC2)CC1. The number of piperidine rings is 1. The molecular formula is C14H23NO4. The van der Waals surface area contributed by atoms with Gasteiger partial charge in [-0.2, -0.15) is 0 Å². The number of carbonyl (C=O) groups is 2. The van der Waals surface area contributed by atoms with Crippen molar-refractivity contribution in [3.8, 4) is 0 Å². The standard InChI is InChI=1S/C14H23NO4/c1-2-18-13(16)11-7-9-15(10-8-11)14(17)19-12-5-3-4-6-12/h11-12H,2-10H2,1H3. The Morgan fingerprint density at radius 3 is 2.32 bits per heavy atom. The maximum atomic E-state index is 11.9. The van der Waals surface area contributed by atoms with Crippen LogP contribution in [0.15, 0.2) is 0 Å². The van der Waals surface area contributed by atoms with Crippen molar-refractivity contribution in [3.63, 3.8) is 0 Å². The van der Waals surface area contributed by atoms with Crippen LogP contribution in [-0.4, -0.2) is 42.8 Å². The summed E-state index contributed by atoms with van der Waals surface area (Å²) < 4.78 is 10.5. The lowest BCUT2D eigenvalue weighted by atomic mass is 9.97. The summed E-state index contributed by atoms with van der Waals surface area (Å²) in [5.41, 5.74) is 0. The summed E-state index contributed by atoms with van der Waals surface area (Å²) in [5, 5.41) is 0. The van der Waals surface area contributed by atoms with Crippen LogP contribution in [0.25, 0.3) is 0 Å². The molecule has 1 aliphatic carbocycles. The van der Waals surface area contributed by atoms with Gasteiger partial charge in [0.05, 0.1) is 12.5 Å². The second-order valence-electron chi connectivity index (χ2n) is 5.30. The van der Waals surface area contributed by atoms with Crippen LogP contribution >= 0.6 is 0 Å². The number of hydrogen-bond acceptors (Lipinski definition) is 4. The van der Waals surface area contributed by atoms with Gasteiger partial charge in [-0.05, 0) is 45.4 Å². The summed E-state index contributed by atoms with van der Waals surface area (Å²) in [6, 6.07) is 0. The molecule has 19 heavy (non-hydrogen) atoms. The minimum absolute atomic E-state index is 0.0597. The Labute approximate surface area is 114 Å². The van der Waals surface area contributed by atoms with Crippen LogP contribution in [0.4, 0.5) is 4.79 Å². The number of amides is 1. The lowest BCUT2D eigenvalue weighted by Gasteiger charge is -2.31. The normalized spacial score (nSPS) is 21.4. The van der Waals surface area contributed by atoms with E-state index in [1.165, 1.54) is 0 Å². The first-order chi connectivity index (χ1) is 9.20. The molecule has 0 aromatic heterocycles. The second-order valence-corrected chi connectivity index (χ2v) is 5.30. The third kappa shape index (κ3) is 3.85. The number of likely N-dealkylation sites (tertiary alicyclic amines) is 1. The molecule has 1 amide bonds. The molecule has 0 bridgehead atoms. The quantitative estimate of drug-likeness (QED) is 0.738. The lowest BCUT2D eigenvalue weighted by molar-refractivity contribution is -0.149. The fourth-order valence-corrected chi connectivity index (χ4v) is 2.78. The first kappa shape index (κ1) is 14.2. The van der Waals surface area contributed by atoms with Crippen molar-refractivity contribution in [3.05, 3.63) is 0 Å². The van der Waals surface area contributed by atoms with Crippen LogP contribution in [-0.2, 0) is 14.3 Å². The molecule has 0 aromatic carbocycles. The number of hydrogen-bond donors (Lipinski definition) is 0. The lowest BCUT2D eigenvalue weighted by Crippen LogP contribution is -2.41. The Morgan fingerprint density at radius 1 is 1.11 bits per heavy atom. The van der Waals surface area contributed by atoms with Crippen molar-refractivity contribution in [1.82, 2.24) is 4.90 Å². The first-order valence-electron chi connectivity index (χ1n) is 7.33. The van der Waals surface area contributed by atoms with Gasteiger partial charge in [0.2, 0.25) is 0 Å². The number of carbonyl (C=O) groups excluding carboxylic acids is 2. The summed E-state index contributed by atoms with van der Waals surface area (Å²) in [6.45, 7) is 3.42. The highest BCUT2D eigenvalue weighted by Gasteiger charge is 2.30. The number of rotatable bonds is 3. The van der Waals surface area contributed by atoms with E-state index in [1.54, 1.807) is 4.90 Å². The second kappa shape index (κ2) is 6.78. The fraction of sp³-hybridized carbons (Fsp3) is 0.857. The smallest absolute Gasteiger partial charge is 0.410 e. The molecule has 2 rings (SSSR count). The Hall–Kier alpha value is -1.26. The van der Waals surface area contributed by atoms with E-state index in [1.807, 2.05) is 6.92 Å². The van der Waals surface area contributed by atoms with Crippen LogP contribution < -0.4 is 0 Å². The van der Waals surface area contributed by atoms with Crippen molar-refractivity contribution in [1.29, 1.82) is 0 Å². The molecule has 0 spiro atoms. The average Bonchev–Trinajstić information content (AvgIpc) is 2.92. The molecule has 1 heterocycles. The first-order valence-corrected chi connectivity index (χ1v) is 7.33. The van der Waals surface area contributed by atoms with E-state index in [9.17, 15) is 9.59 Å². The van der Waals surface area contributed by atoms with Gasteiger partial charge in [0.1, 0.15) is 6.10 Å². The third-order valence-electron chi connectivity index (χ3n) is 3.94. The molecule has 0 aromatic rings. The highest BCUT2D eigenvalue weighted by atomic mass is 16.6. The van der Waals surface area contributed by atoms with Gasteiger partial charge in [0.15, 0.2) is 0 Å². The highest BCUT2D eigenvalue weighted by molar-refractivity contribution is 5.73. The zero-order valence-corrected chi connectivity index (χ0v) is 11.6. The molecule has 2 aliphatic rings. The topological polar surface area (TPSA) is 55.8 Å². The Kier molecular flexibility index (Phi) is 5.05. The zero-order valence-electron chi connectivity index (χ0n) is 11.6. The summed E-state index contributed by atoms with van der Waals surface area (Å²) in [7, 11) is 0. The predicted molar refractivity (Wildman–Crippen MR) is 69.7 cm³/mol. The molecule has 5 nitrogen and oxygen atoms in total. The van der Waals surface area contributed by atoms with Crippen molar-refractivity contribution in [2.24, 2.45) is 5.92 Å². The molecule has 1 saturated heterocycles. The molecular weight excluding hydrogens is 246 g/mol. The van der Waals surface area contributed by atoms with E-state index in [0.29, 0.717) is 32.5 Å². The molecule has 108 valence electrons. The Bertz CT molecular complexity index is 317. The van der Waals surface area contributed by atoms with Gasteiger partial charge in [0.25, 0.3) is 0 Å². The van der Waals surface area contributed by atoms with Crippen LogP contribution in [0.2, 0.25) is 0 Å². The van der Waals surface area contributed by atoms with E-state index in [2.05, 4.69) is 0 Å². The van der Waals surface area contributed by atoms with Gasteiger partial charge < -0.3 is 14.4 Å². The molecule has 1 aliphatic heterocycles. The molecule has 5 heteroatoms. The van der Waals surface area contributed by atoms with E-state index in [4.69, 9.17) is 9.47 Å². The van der Waals surface area contributed by atoms with Gasteiger partial charge in [-0.25, -0.2) is 4.79 Å². The minimum Gasteiger partial charge on any atom is -0.466 e. The summed E-state index contributed by atoms with van der Waals surface area (Å²) >= 11 is 0. The van der Waals surface area contributed by atoms with E-state index < -0.39 is 0 Å². The molecule has 1 saturated carbocycles. The molecule has 0 radical (unpaired) electrons. The number of nitrogens with zero attached hydrogens (tertiary/aromatic N) is 1. The van der Waals surface area contributed by atoms with E-state index in [0.717, 1.165) is 25.7 Å². The summed E-state index contributed by atoms with van der Waals surface area (Å²) in [5.74, 6) is -0.193. The van der Waals surface area contributed by atoms with E-state index in [-0.39, 0.29) is 24.1 Å². The monoisotopic (exact) mass is 269 g/mol. The van der Waals surface area contributed by atoms with E-state index >= 15 is 0 Å². The number of ether oxygens (including phenoxy) is 2. The predicted octanol–water partition coefficient (Wildman–Crippen LogP) is 2.34. The van der Waals surface area contributed by atoms with Gasteiger partial charge in [-0.3, -0.25) is 4.79 Å². The van der Waals surface area contributed by atoms with Crippen molar-refractivity contribution < 1.29 is 19.1 Å². The summed E-state index contributed by atoms with van der Waals surface area (Å²) in [6.07, 6.45) is 5.54. The maximum absolute atomic E-state index is 11.9. The van der Waals surface area contributed by atoms with Crippen LogP contribution in [0.3, 0.4) is 0 Å². The van der Waals surface area contributed by atoms with Crippen LogP contribution in [0, 0.1) is 5.92 Å². The summed E-state index contributed by atoms with van der Waals surface area (Å²) in [4.78, 5) is 25.3. The average molecular weight is 269 g/mol. The third-order valence-corrected chi connectivity index (χ3v) is 3.94. The molecule has 0 N–H and O–H groups in total. The largest absolute Gasteiger partial charge is 0.466 e. The molecule has 0 unspecified atom stereocenters. The van der Waals surface area contributed by atoms with Crippen molar-refractivity contribution >= 4 is 12.1 Å². The Balaban J connectivity index is 1.72. The number of esters is 1. The highest BCUT2D eigenvalue weighted by Crippen LogP contribution is 2.24. The van der Waals surface area contributed by atoms with Gasteiger partial charge in [-0.1, -0.05) is 0 Å². The van der Waals surface area contributed by atoms with Crippen molar-refractivity contribution in [2.75, 3.05) is 19.7 Å². The minimum atomic E-state index is -0.214. The van der Waals surface area contributed by atoms with Crippen LogP contribution in [0.5, 0.6) is 0 Å². The zero-order chi connectivity index (χ0) is 13.7. The van der Waals surface area contributed by atoms with Gasteiger partial charge in [-0.15, -0.1) is 0 Å². The molecule has 0 atom stereocenters. The van der Waals surface area contributed by atoms with Gasteiger partial charge in [0, 0.05) is 13.1 Å². The molecule has 2 fully saturated rings. The Morgan fingerprint density at radius 2 is 1.74 bits per heavy atom. The fourth-order valence-electron chi connectivity index (χ4n) is 2.78. The van der Waals surface area contributed by atoms with Crippen LogP contribution in [0.1, 0.15) is 45.4 Å². The van der Waals surface area contributed by atoms with Gasteiger partial charge >= 0.3 is 12.1 Å². The maximum Gasteiger partial charge on any atom is 0.410 e.